The summed E-state index contributed by atoms with van der Waals surface area (Å²) in [5.41, 5.74) is -0.191. The summed E-state index contributed by atoms with van der Waals surface area (Å²) in [5.74, 6) is -2.20. The fraction of sp³-hybridized carbons (Fsp3) is 0.385. The van der Waals surface area contributed by atoms with Gasteiger partial charge in [-0.2, -0.15) is 0 Å². The zero-order valence-corrected chi connectivity index (χ0v) is 12.7. The van der Waals surface area contributed by atoms with E-state index in [9.17, 15) is 24.9 Å². The first-order valence-electron chi connectivity index (χ1n) is 6.77. The van der Waals surface area contributed by atoms with Crippen LogP contribution in [0.3, 0.4) is 0 Å². The molecule has 0 aliphatic carbocycles. The van der Waals surface area contributed by atoms with Crippen molar-refractivity contribution in [2.75, 3.05) is 13.7 Å². The van der Waals surface area contributed by atoms with Gasteiger partial charge >= 0.3 is 11.9 Å². The van der Waals surface area contributed by atoms with E-state index in [2.05, 4.69) is 9.68 Å². The molecule has 1 aromatic rings. The van der Waals surface area contributed by atoms with Crippen LogP contribution in [0.5, 0.6) is 5.75 Å². The van der Waals surface area contributed by atoms with Crippen molar-refractivity contribution in [1.29, 1.82) is 0 Å². The number of benzene rings is 1. The Morgan fingerprint density at radius 1 is 1.38 bits per heavy atom. The molecule has 0 spiro atoms. The number of nitrogens with one attached hydrogen (secondary N) is 1. The molecule has 0 aliphatic heterocycles. The average Bonchev–Trinajstić information content (AvgIpc) is 2.49. The number of carbonyl (C=O) groups is 2. The molecule has 2 unspecified atom stereocenters. The molecule has 132 valence electrons. The SMILES string of the molecule is C[NH+]([O-])OCC(CCC(=O)Oc1ccccc1C(=O)O)O[N+](=O)[O-]. The van der Waals surface area contributed by atoms with Crippen molar-refractivity contribution < 1.29 is 39.4 Å². The van der Waals surface area contributed by atoms with Crippen LogP contribution in [0.2, 0.25) is 0 Å². The van der Waals surface area contributed by atoms with Gasteiger partial charge in [-0.05, 0) is 18.6 Å². The number of quaternary nitrogens is 1. The van der Waals surface area contributed by atoms with Crippen LogP contribution in [0, 0.1) is 15.3 Å². The number of rotatable bonds is 10. The van der Waals surface area contributed by atoms with Crippen LogP contribution in [0.1, 0.15) is 23.2 Å². The van der Waals surface area contributed by atoms with E-state index in [0.717, 1.165) is 7.05 Å². The Bertz CT molecular complexity index is 591. The highest BCUT2D eigenvalue weighted by molar-refractivity contribution is 5.91. The minimum absolute atomic E-state index is 0.137. The van der Waals surface area contributed by atoms with E-state index >= 15 is 0 Å². The second-order valence-corrected chi connectivity index (χ2v) is 4.57. The maximum Gasteiger partial charge on any atom is 0.339 e. The van der Waals surface area contributed by atoms with Gasteiger partial charge in [-0.1, -0.05) is 12.1 Å². The molecule has 0 aromatic heterocycles. The fourth-order valence-electron chi connectivity index (χ4n) is 1.68. The first-order valence-corrected chi connectivity index (χ1v) is 6.77. The monoisotopic (exact) mass is 344 g/mol. The maximum absolute atomic E-state index is 11.8. The van der Waals surface area contributed by atoms with Gasteiger partial charge in [0.25, 0.3) is 5.09 Å². The molecular weight excluding hydrogens is 328 g/mol. The molecule has 1 aromatic carbocycles. The molecule has 2 N–H and O–H groups in total. The summed E-state index contributed by atoms with van der Waals surface area (Å²) in [4.78, 5) is 42.1. The highest BCUT2D eigenvalue weighted by atomic mass is 17.0. The Morgan fingerprint density at radius 3 is 2.62 bits per heavy atom. The van der Waals surface area contributed by atoms with Gasteiger partial charge in [0.15, 0.2) is 0 Å². The van der Waals surface area contributed by atoms with Gasteiger partial charge in [0.05, 0.1) is 7.05 Å². The molecule has 0 aliphatic rings. The molecular formula is C13H16N2O9. The standard InChI is InChI=1S/C13H16N2O9/c1-14(19)22-8-9(24-15(20)21)6-7-12(16)23-11-5-3-2-4-10(11)13(17)18/h2-5,9,14H,6-8H2,1H3,(H,17,18). The largest absolute Gasteiger partial charge is 0.600 e. The predicted octanol–water partition coefficient (Wildman–Crippen LogP) is -0.409. The molecule has 11 heteroatoms. The van der Waals surface area contributed by atoms with E-state index < -0.39 is 35.0 Å². The van der Waals surface area contributed by atoms with Gasteiger partial charge in [0.2, 0.25) is 0 Å². The van der Waals surface area contributed by atoms with Crippen LogP contribution < -0.4 is 9.96 Å². The van der Waals surface area contributed by atoms with Crippen molar-refractivity contribution in [2.45, 2.75) is 18.9 Å². The normalized spacial score (nSPS) is 12.9. The van der Waals surface area contributed by atoms with Gasteiger partial charge in [-0.15, -0.1) is 10.1 Å². The fourth-order valence-corrected chi connectivity index (χ4v) is 1.68. The minimum atomic E-state index is -1.26. The lowest BCUT2D eigenvalue weighted by molar-refractivity contribution is -1.04. The summed E-state index contributed by atoms with van der Waals surface area (Å²) in [6.45, 7) is -0.394. The zero-order chi connectivity index (χ0) is 18.1. The number of ether oxygens (including phenoxy) is 1. The second kappa shape index (κ2) is 9.39. The lowest BCUT2D eigenvalue weighted by Crippen LogP contribution is -3.03. The number of esters is 1. The average molecular weight is 344 g/mol. The molecule has 0 saturated heterocycles. The molecule has 0 amide bonds. The van der Waals surface area contributed by atoms with Gasteiger partial charge in [-0.25, -0.2) is 14.9 Å². The van der Waals surface area contributed by atoms with Crippen LogP contribution >= 0.6 is 0 Å². The Morgan fingerprint density at radius 2 is 2.04 bits per heavy atom. The smallest absolute Gasteiger partial charge is 0.339 e. The quantitative estimate of drug-likeness (QED) is 0.249. The number of carboxylic acids is 1. The highest BCUT2D eigenvalue weighted by Gasteiger charge is 2.19. The number of aromatic carboxylic acids is 1. The van der Waals surface area contributed by atoms with E-state index in [0.29, 0.717) is 0 Å². The first-order chi connectivity index (χ1) is 11.3. The maximum atomic E-state index is 11.8. The van der Waals surface area contributed by atoms with Gasteiger partial charge < -0.3 is 19.9 Å². The number of nitrogens with zero attached hydrogens (tertiary/aromatic N) is 1. The zero-order valence-electron chi connectivity index (χ0n) is 12.7. The van der Waals surface area contributed by atoms with Crippen molar-refractivity contribution in [3.63, 3.8) is 0 Å². The number of hydrogen-bond acceptors (Lipinski definition) is 8. The number of hydrogen-bond donors (Lipinski definition) is 2. The number of para-hydroxylation sites is 1. The number of hydroxylamine groups is 2. The van der Waals surface area contributed by atoms with Crippen LogP contribution in [0.25, 0.3) is 0 Å². The third-order valence-electron chi connectivity index (χ3n) is 2.72. The Kier molecular flexibility index (Phi) is 7.55. The van der Waals surface area contributed by atoms with E-state index in [-0.39, 0.29) is 24.2 Å². The van der Waals surface area contributed by atoms with Crippen molar-refractivity contribution in [3.8, 4) is 5.75 Å². The van der Waals surface area contributed by atoms with Crippen LogP contribution in [0.15, 0.2) is 24.3 Å². The van der Waals surface area contributed by atoms with Crippen LogP contribution in [0.4, 0.5) is 0 Å². The van der Waals surface area contributed by atoms with Crippen molar-refractivity contribution in [3.05, 3.63) is 45.2 Å². The molecule has 24 heavy (non-hydrogen) atoms. The van der Waals surface area contributed by atoms with E-state index in [1.807, 2.05) is 0 Å². The molecule has 2 atom stereocenters. The summed E-state index contributed by atoms with van der Waals surface area (Å²) >= 11 is 0. The molecule has 0 heterocycles. The highest BCUT2D eigenvalue weighted by Crippen LogP contribution is 2.18. The molecule has 0 bridgehead atoms. The topological polar surface area (TPSA) is 153 Å². The Labute approximate surface area is 136 Å². The van der Waals surface area contributed by atoms with Crippen LogP contribution in [-0.2, 0) is 14.5 Å². The first kappa shape index (κ1) is 19.3. The van der Waals surface area contributed by atoms with Crippen LogP contribution in [-0.4, -0.2) is 41.9 Å². The summed E-state index contributed by atoms with van der Waals surface area (Å²) in [6.07, 6.45) is -1.58. The number of carbonyl (C=O) groups excluding carboxylic acids is 1. The molecule has 1 rings (SSSR count). The molecule has 0 saturated carbocycles. The summed E-state index contributed by atoms with van der Waals surface area (Å²) in [7, 11) is 1.13. The van der Waals surface area contributed by atoms with E-state index in [4.69, 9.17) is 9.84 Å². The Balaban J connectivity index is 2.59. The van der Waals surface area contributed by atoms with Gasteiger partial charge in [0, 0.05) is 6.42 Å². The van der Waals surface area contributed by atoms with Gasteiger partial charge in [0.1, 0.15) is 24.0 Å². The second-order valence-electron chi connectivity index (χ2n) is 4.57. The minimum Gasteiger partial charge on any atom is -0.600 e. The van der Waals surface area contributed by atoms with Crippen molar-refractivity contribution in [2.24, 2.45) is 0 Å². The molecule has 0 radical (unpaired) electrons. The summed E-state index contributed by atoms with van der Waals surface area (Å²) in [6, 6.07) is 5.55. The van der Waals surface area contributed by atoms with Gasteiger partial charge in [-0.3, -0.25) is 4.79 Å². The Hall–Kier alpha value is -2.76. The van der Waals surface area contributed by atoms with Crippen molar-refractivity contribution in [1.82, 2.24) is 0 Å². The summed E-state index contributed by atoms with van der Waals surface area (Å²) in [5, 5.41) is 28.4. The lowest BCUT2D eigenvalue weighted by atomic mass is 10.2. The third kappa shape index (κ3) is 7.00. The van der Waals surface area contributed by atoms with Crippen molar-refractivity contribution >= 4 is 11.9 Å². The predicted molar refractivity (Wildman–Crippen MR) is 76.3 cm³/mol. The van der Waals surface area contributed by atoms with E-state index in [1.165, 1.54) is 24.3 Å². The molecule has 11 nitrogen and oxygen atoms in total. The third-order valence-corrected chi connectivity index (χ3v) is 2.72. The summed E-state index contributed by atoms with van der Waals surface area (Å²) < 4.78 is 4.93. The van der Waals surface area contributed by atoms with E-state index in [1.54, 1.807) is 0 Å². The molecule has 0 fully saturated rings. The number of carboxylic acid groups (broad SMARTS) is 1. The lowest BCUT2D eigenvalue weighted by Gasteiger charge is -2.18.